The van der Waals surface area contributed by atoms with E-state index >= 15 is 0 Å². The number of thiazole rings is 1. The van der Waals surface area contributed by atoms with Crippen molar-refractivity contribution in [3.63, 3.8) is 0 Å². The van der Waals surface area contributed by atoms with Gasteiger partial charge in [-0.25, -0.2) is 15.0 Å². The van der Waals surface area contributed by atoms with Crippen LogP contribution >= 0.6 is 11.3 Å². The molecule has 2 aromatic rings. The van der Waals surface area contributed by atoms with E-state index in [-0.39, 0.29) is 11.9 Å². The maximum atomic E-state index is 12.0. The highest BCUT2D eigenvalue weighted by Gasteiger charge is 2.11. The number of anilines is 1. The molecule has 0 aliphatic rings. The standard InChI is InChI=1S/C12H15N5OS/c1-3-8-6-19-10(17-8)5-14-11(18)9-4-15-12(13)16-7(9)2/h4,6H,3,5H2,1-2H3,(H,14,18)(H2,13,15,16). The first-order valence-corrected chi connectivity index (χ1v) is 6.78. The quantitative estimate of drug-likeness (QED) is 0.879. The number of nitrogens with two attached hydrogens (primary N) is 1. The number of carbonyl (C=O) groups excluding carboxylic acids is 1. The van der Waals surface area contributed by atoms with Crippen LogP contribution in [0.25, 0.3) is 0 Å². The minimum Gasteiger partial charge on any atom is -0.368 e. The first-order valence-electron chi connectivity index (χ1n) is 5.90. The lowest BCUT2D eigenvalue weighted by Gasteiger charge is -2.05. The Morgan fingerprint density at radius 3 is 2.89 bits per heavy atom. The molecular weight excluding hydrogens is 262 g/mol. The molecule has 2 heterocycles. The fourth-order valence-electron chi connectivity index (χ4n) is 1.55. The van der Waals surface area contributed by atoms with Crippen molar-refractivity contribution >= 4 is 23.2 Å². The van der Waals surface area contributed by atoms with Gasteiger partial charge in [-0.2, -0.15) is 0 Å². The van der Waals surface area contributed by atoms with Crippen molar-refractivity contribution in [2.24, 2.45) is 0 Å². The Labute approximate surface area is 115 Å². The summed E-state index contributed by atoms with van der Waals surface area (Å²) in [6, 6.07) is 0. The number of hydrogen-bond acceptors (Lipinski definition) is 6. The van der Waals surface area contributed by atoms with Crippen LogP contribution in [0.4, 0.5) is 5.95 Å². The van der Waals surface area contributed by atoms with Crippen LogP contribution < -0.4 is 11.1 Å². The second-order valence-corrected chi connectivity index (χ2v) is 4.94. The van der Waals surface area contributed by atoms with Crippen LogP contribution in [0, 0.1) is 6.92 Å². The summed E-state index contributed by atoms with van der Waals surface area (Å²) in [5.74, 6) is -0.0488. The summed E-state index contributed by atoms with van der Waals surface area (Å²) in [6.07, 6.45) is 2.33. The Kier molecular flexibility index (Phi) is 4.06. The van der Waals surface area contributed by atoms with Crippen LogP contribution in [0.1, 0.15) is 33.7 Å². The molecule has 100 valence electrons. The van der Waals surface area contributed by atoms with Gasteiger partial charge in [-0.05, 0) is 13.3 Å². The summed E-state index contributed by atoms with van der Waals surface area (Å²) in [4.78, 5) is 24.1. The molecule has 0 unspecified atom stereocenters. The number of amides is 1. The summed E-state index contributed by atoms with van der Waals surface area (Å²) in [5, 5.41) is 5.69. The van der Waals surface area contributed by atoms with Crippen molar-refractivity contribution in [1.29, 1.82) is 0 Å². The van der Waals surface area contributed by atoms with Crippen molar-refractivity contribution in [3.8, 4) is 0 Å². The van der Waals surface area contributed by atoms with Crippen molar-refractivity contribution in [2.45, 2.75) is 26.8 Å². The summed E-state index contributed by atoms with van der Waals surface area (Å²) in [5.41, 5.74) is 7.49. The lowest BCUT2D eigenvalue weighted by atomic mass is 10.2. The normalized spacial score (nSPS) is 10.4. The number of rotatable bonds is 4. The Balaban J connectivity index is 2.01. The fourth-order valence-corrected chi connectivity index (χ4v) is 2.37. The first kappa shape index (κ1) is 13.4. The average molecular weight is 277 g/mol. The third-order valence-corrected chi connectivity index (χ3v) is 3.50. The number of aromatic nitrogens is 3. The molecule has 0 spiro atoms. The number of nitrogens with one attached hydrogen (secondary N) is 1. The summed E-state index contributed by atoms with van der Waals surface area (Å²) >= 11 is 1.54. The van der Waals surface area contributed by atoms with Gasteiger partial charge in [0.25, 0.3) is 5.91 Å². The smallest absolute Gasteiger partial charge is 0.255 e. The van der Waals surface area contributed by atoms with E-state index in [1.807, 2.05) is 12.3 Å². The predicted molar refractivity (Wildman–Crippen MR) is 73.8 cm³/mol. The number of nitrogen functional groups attached to an aromatic ring is 1. The molecule has 19 heavy (non-hydrogen) atoms. The molecule has 7 heteroatoms. The molecule has 3 N–H and O–H groups in total. The van der Waals surface area contributed by atoms with Gasteiger partial charge in [-0.1, -0.05) is 6.92 Å². The highest BCUT2D eigenvalue weighted by molar-refractivity contribution is 7.09. The van der Waals surface area contributed by atoms with E-state index in [9.17, 15) is 4.79 Å². The third kappa shape index (κ3) is 3.25. The lowest BCUT2D eigenvalue weighted by Crippen LogP contribution is -2.24. The predicted octanol–water partition coefficient (Wildman–Crippen LogP) is 1.32. The van der Waals surface area contributed by atoms with Crippen molar-refractivity contribution in [3.05, 3.63) is 33.5 Å². The largest absolute Gasteiger partial charge is 0.368 e. The summed E-state index contributed by atoms with van der Waals surface area (Å²) in [7, 11) is 0. The van der Waals surface area contributed by atoms with Crippen LogP contribution in [0.15, 0.2) is 11.6 Å². The number of nitrogens with zero attached hydrogens (tertiary/aromatic N) is 3. The maximum absolute atomic E-state index is 12.0. The number of carbonyl (C=O) groups is 1. The molecule has 0 fully saturated rings. The van der Waals surface area contributed by atoms with E-state index in [0.29, 0.717) is 17.8 Å². The lowest BCUT2D eigenvalue weighted by molar-refractivity contribution is 0.0949. The molecule has 1 amide bonds. The van der Waals surface area contributed by atoms with Gasteiger partial charge < -0.3 is 11.1 Å². The maximum Gasteiger partial charge on any atom is 0.255 e. The molecule has 0 atom stereocenters. The van der Waals surface area contributed by atoms with E-state index < -0.39 is 0 Å². The zero-order chi connectivity index (χ0) is 13.8. The number of hydrogen-bond donors (Lipinski definition) is 2. The first-order chi connectivity index (χ1) is 9.10. The Bertz CT molecular complexity index is 596. The van der Waals surface area contributed by atoms with E-state index in [4.69, 9.17) is 5.73 Å². The van der Waals surface area contributed by atoms with Gasteiger partial charge in [0, 0.05) is 11.6 Å². The topological polar surface area (TPSA) is 93.8 Å². The third-order valence-electron chi connectivity index (χ3n) is 2.60. The van der Waals surface area contributed by atoms with Crippen molar-refractivity contribution < 1.29 is 4.79 Å². The van der Waals surface area contributed by atoms with Gasteiger partial charge in [0.1, 0.15) is 5.01 Å². The molecule has 0 bridgehead atoms. The van der Waals surface area contributed by atoms with Crippen molar-refractivity contribution in [2.75, 3.05) is 5.73 Å². The van der Waals surface area contributed by atoms with Crippen LogP contribution in [0.2, 0.25) is 0 Å². The fraction of sp³-hybridized carbons (Fsp3) is 0.333. The summed E-state index contributed by atoms with van der Waals surface area (Å²) in [6.45, 7) is 4.19. The molecule has 2 aromatic heterocycles. The Hall–Kier alpha value is -2.02. The van der Waals surface area contributed by atoms with Gasteiger partial charge in [0.05, 0.1) is 23.5 Å². The van der Waals surface area contributed by atoms with E-state index in [2.05, 4.69) is 20.3 Å². The number of aryl methyl sites for hydroxylation is 2. The molecule has 6 nitrogen and oxygen atoms in total. The van der Waals surface area contributed by atoms with E-state index in [1.54, 1.807) is 18.3 Å². The molecule has 0 saturated heterocycles. The molecule has 0 radical (unpaired) electrons. The second kappa shape index (κ2) is 5.75. The highest BCUT2D eigenvalue weighted by Crippen LogP contribution is 2.10. The van der Waals surface area contributed by atoms with Gasteiger partial charge in [-0.15, -0.1) is 11.3 Å². The van der Waals surface area contributed by atoms with Gasteiger partial charge in [0.15, 0.2) is 0 Å². The van der Waals surface area contributed by atoms with Crippen LogP contribution in [0.3, 0.4) is 0 Å². The molecule has 2 rings (SSSR count). The minimum atomic E-state index is -0.217. The average Bonchev–Trinajstić information content (AvgIpc) is 2.84. The van der Waals surface area contributed by atoms with E-state index in [0.717, 1.165) is 17.1 Å². The minimum absolute atomic E-state index is 0.168. The van der Waals surface area contributed by atoms with Crippen LogP contribution in [-0.2, 0) is 13.0 Å². The monoisotopic (exact) mass is 277 g/mol. The molecular formula is C12H15N5OS. The van der Waals surface area contributed by atoms with Crippen LogP contribution in [0.5, 0.6) is 0 Å². The zero-order valence-corrected chi connectivity index (χ0v) is 11.6. The summed E-state index contributed by atoms with van der Waals surface area (Å²) < 4.78 is 0. The van der Waals surface area contributed by atoms with Gasteiger partial charge >= 0.3 is 0 Å². The Morgan fingerprint density at radius 2 is 2.26 bits per heavy atom. The highest BCUT2D eigenvalue weighted by atomic mass is 32.1. The SMILES string of the molecule is CCc1csc(CNC(=O)c2cnc(N)nc2C)n1. The van der Waals surface area contributed by atoms with Crippen LogP contribution in [-0.4, -0.2) is 20.9 Å². The molecule has 0 aliphatic heterocycles. The van der Waals surface area contributed by atoms with Crippen molar-refractivity contribution in [1.82, 2.24) is 20.3 Å². The molecule has 0 aliphatic carbocycles. The van der Waals surface area contributed by atoms with Gasteiger partial charge in [-0.3, -0.25) is 4.79 Å². The van der Waals surface area contributed by atoms with E-state index in [1.165, 1.54) is 6.20 Å². The molecule has 0 aromatic carbocycles. The molecule has 0 saturated carbocycles. The zero-order valence-electron chi connectivity index (χ0n) is 10.8. The Morgan fingerprint density at radius 1 is 1.47 bits per heavy atom. The van der Waals surface area contributed by atoms with Gasteiger partial charge in [0.2, 0.25) is 5.95 Å². The second-order valence-electron chi connectivity index (χ2n) is 4.00.